The van der Waals surface area contributed by atoms with Gasteiger partial charge in [0.2, 0.25) is 0 Å². The highest BCUT2D eigenvalue weighted by atomic mass is 32.1. The van der Waals surface area contributed by atoms with Crippen LogP contribution in [0.15, 0.2) is 35.7 Å². The number of hydrogen-bond acceptors (Lipinski definition) is 3. The summed E-state index contributed by atoms with van der Waals surface area (Å²) in [5.41, 5.74) is 2.47. The molecular weight excluding hydrogens is 270 g/mol. The number of rotatable bonds is 3. The largest absolute Gasteiger partial charge is 0.484 e. The molecule has 104 valence electrons. The molecule has 0 fully saturated rings. The van der Waals surface area contributed by atoms with Gasteiger partial charge in [-0.15, -0.1) is 11.3 Å². The molecule has 1 aliphatic heterocycles. The van der Waals surface area contributed by atoms with Gasteiger partial charge in [0.05, 0.1) is 0 Å². The molecule has 2 heterocycles. The second-order valence-electron chi connectivity index (χ2n) is 5.04. The molecule has 0 saturated carbocycles. The Morgan fingerprint density at radius 3 is 2.90 bits per heavy atom. The molecule has 0 N–H and O–H groups in total. The first kappa shape index (κ1) is 13.2. The highest BCUT2D eigenvalue weighted by Gasteiger charge is 2.21. The molecule has 0 spiro atoms. The van der Waals surface area contributed by atoms with Crippen molar-refractivity contribution in [1.82, 2.24) is 4.90 Å². The van der Waals surface area contributed by atoms with E-state index in [0.29, 0.717) is 0 Å². The number of amides is 1. The fourth-order valence-corrected chi connectivity index (χ4v) is 3.22. The Balaban J connectivity index is 1.56. The summed E-state index contributed by atoms with van der Waals surface area (Å²) in [4.78, 5) is 15.5. The normalized spacial score (nSPS) is 13.9. The van der Waals surface area contributed by atoms with E-state index in [1.54, 1.807) is 11.3 Å². The summed E-state index contributed by atoms with van der Waals surface area (Å²) in [7, 11) is 0. The van der Waals surface area contributed by atoms with Crippen LogP contribution in [0.5, 0.6) is 5.75 Å². The summed E-state index contributed by atoms with van der Waals surface area (Å²) >= 11 is 1.78. The molecule has 2 aromatic rings. The minimum Gasteiger partial charge on any atom is -0.484 e. The fraction of sp³-hybridized carbons (Fsp3) is 0.312. The number of thiophene rings is 1. The molecule has 4 heteroatoms. The maximum absolute atomic E-state index is 12.2. The Labute approximate surface area is 122 Å². The predicted molar refractivity (Wildman–Crippen MR) is 80.1 cm³/mol. The Bertz CT molecular complexity index is 603. The van der Waals surface area contributed by atoms with Gasteiger partial charge in [0, 0.05) is 18.0 Å². The van der Waals surface area contributed by atoms with Crippen molar-refractivity contribution >= 4 is 17.2 Å². The summed E-state index contributed by atoms with van der Waals surface area (Å²) < 4.78 is 5.56. The number of benzene rings is 1. The average Bonchev–Trinajstić information content (AvgIpc) is 2.93. The van der Waals surface area contributed by atoms with Crippen LogP contribution in [-0.4, -0.2) is 24.0 Å². The first-order valence-electron chi connectivity index (χ1n) is 6.75. The van der Waals surface area contributed by atoms with Gasteiger partial charge >= 0.3 is 0 Å². The fourth-order valence-electron chi connectivity index (χ4n) is 2.33. The van der Waals surface area contributed by atoms with Crippen LogP contribution < -0.4 is 4.74 Å². The number of carbonyl (C=O) groups is 1. The topological polar surface area (TPSA) is 29.5 Å². The number of ether oxygens (including phenoxy) is 1. The zero-order valence-electron chi connectivity index (χ0n) is 11.5. The average molecular weight is 287 g/mol. The summed E-state index contributed by atoms with van der Waals surface area (Å²) in [5.74, 6) is 0.805. The third-order valence-corrected chi connectivity index (χ3v) is 4.57. The van der Waals surface area contributed by atoms with Crippen molar-refractivity contribution in [3.8, 4) is 5.75 Å². The van der Waals surface area contributed by atoms with Crippen molar-refractivity contribution in [3.05, 3.63) is 51.7 Å². The van der Waals surface area contributed by atoms with Gasteiger partial charge < -0.3 is 9.64 Å². The second kappa shape index (κ2) is 5.67. The van der Waals surface area contributed by atoms with Gasteiger partial charge in [-0.05, 0) is 42.5 Å². The van der Waals surface area contributed by atoms with E-state index in [9.17, 15) is 4.79 Å². The molecule has 0 bridgehead atoms. The van der Waals surface area contributed by atoms with Crippen LogP contribution in [-0.2, 0) is 17.8 Å². The molecule has 20 heavy (non-hydrogen) atoms. The molecule has 3 nitrogen and oxygen atoms in total. The Hall–Kier alpha value is -1.81. The van der Waals surface area contributed by atoms with Gasteiger partial charge in [-0.2, -0.15) is 0 Å². The van der Waals surface area contributed by atoms with Crippen molar-refractivity contribution in [2.45, 2.75) is 19.9 Å². The maximum atomic E-state index is 12.2. The van der Waals surface area contributed by atoms with E-state index >= 15 is 0 Å². The van der Waals surface area contributed by atoms with Crippen LogP contribution >= 0.6 is 11.3 Å². The lowest BCUT2D eigenvalue weighted by Gasteiger charge is -2.26. The maximum Gasteiger partial charge on any atom is 0.260 e. The van der Waals surface area contributed by atoms with Crippen LogP contribution in [0.25, 0.3) is 0 Å². The third kappa shape index (κ3) is 2.85. The van der Waals surface area contributed by atoms with Gasteiger partial charge in [-0.3, -0.25) is 4.79 Å². The van der Waals surface area contributed by atoms with E-state index in [0.717, 1.165) is 25.3 Å². The van der Waals surface area contributed by atoms with E-state index in [1.807, 2.05) is 36.1 Å². The van der Waals surface area contributed by atoms with Crippen LogP contribution in [0.2, 0.25) is 0 Å². The number of fused-ring (bicyclic) bond motifs is 1. The SMILES string of the molecule is Cc1ccc(OCC(=O)N2CCc3sccc3C2)cc1. The molecule has 1 aromatic heterocycles. The molecule has 0 atom stereocenters. The molecular formula is C16H17NO2S. The molecule has 1 aliphatic rings. The van der Waals surface area contributed by atoms with Crippen molar-refractivity contribution in [3.63, 3.8) is 0 Å². The molecule has 0 saturated heterocycles. The Morgan fingerprint density at radius 2 is 2.10 bits per heavy atom. The standard InChI is InChI=1S/C16H17NO2S/c1-12-2-4-14(5-3-12)19-11-16(18)17-8-6-15-13(10-17)7-9-20-15/h2-5,7,9H,6,8,10-11H2,1H3. The van der Waals surface area contributed by atoms with E-state index in [-0.39, 0.29) is 12.5 Å². The summed E-state index contributed by atoms with van der Waals surface area (Å²) in [5, 5.41) is 2.10. The van der Waals surface area contributed by atoms with Crippen LogP contribution in [0.3, 0.4) is 0 Å². The summed E-state index contributed by atoms with van der Waals surface area (Å²) in [6, 6.07) is 9.88. The lowest BCUT2D eigenvalue weighted by molar-refractivity contribution is -0.134. The highest BCUT2D eigenvalue weighted by molar-refractivity contribution is 7.10. The van der Waals surface area contributed by atoms with Crippen molar-refractivity contribution in [2.75, 3.05) is 13.2 Å². The second-order valence-corrected chi connectivity index (χ2v) is 6.04. The van der Waals surface area contributed by atoms with Gasteiger partial charge in [0.15, 0.2) is 6.61 Å². The monoisotopic (exact) mass is 287 g/mol. The number of aryl methyl sites for hydroxylation is 1. The van der Waals surface area contributed by atoms with Crippen molar-refractivity contribution in [1.29, 1.82) is 0 Å². The van der Waals surface area contributed by atoms with Gasteiger partial charge in [-0.1, -0.05) is 17.7 Å². The zero-order chi connectivity index (χ0) is 13.9. The van der Waals surface area contributed by atoms with E-state index in [2.05, 4.69) is 11.4 Å². The Kier molecular flexibility index (Phi) is 3.74. The minimum atomic E-state index is 0.0578. The number of hydrogen-bond donors (Lipinski definition) is 0. The van der Waals surface area contributed by atoms with Crippen molar-refractivity contribution in [2.24, 2.45) is 0 Å². The van der Waals surface area contributed by atoms with Crippen LogP contribution in [0.1, 0.15) is 16.0 Å². The molecule has 0 aliphatic carbocycles. The quantitative estimate of drug-likeness (QED) is 0.868. The summed E-state index contributed by atoms with van der Waals surface area (Å²) in [6.07, 6.45) is 0.962. The van der Waals surface area contributed by atoms with Crippen molar-refractivity contribution < 1.29 is 9.53 Å². The van der Waals surface area contributed by atoms with Gasteiger partial charge in [-0.25, -0.2) is 0 Å². The molecule has 0 unspecified atom stereocenters. The molecule has 3 rings (SSSR count). The number of nitrogens with zero attached hydrogens (tertiary/aromatic N) is 1. The van der Waals surface area contributed by atoms with E-state index in [4.69, 9.17) is 4.74 Å². The lowest BCUT2D eigenvalue weighted by atomic mass is 10.1. The van der Waals surface area contributed by atoms with E-state index < -0.39 is 0 Å². The molecule has 0 radical (unpaired) electrons. The van der Waals surface area contributed by atoms with Gasteiger partial charge in [0.1, 0.15) is 5.75 Å². The Morgan fingerprint density at radius 1 is 1.30 bits per heavy atom. The lowest BCUT2D eigenvalue weighted by Crippen LogP contribution is -2.38. The molecule has 1 aromatic carbocycles. The molecule has 1 amide bonds. The van der Waals surface area contributed by atoms with Crippen LogP contribution in [0.4, 0.5) is 0 Å². The smallest absolute Gasteiger partial charge is 0.260 e. The zero-order valence-corrected chi connectivity index (χ0v) is 12.3. The van der Waals surface area contributed by atoms with Gasteiger partial charge in [0.25, 0.3) is 5.91 Å². The minimum absolute atomic E-state index is 0.0578. The first-order valence-corrected chi connectivity index (χ1v) is 7.63. The predicted octanol–water partition coefficient (Wildman–Crippen LogP) is 3.02. The number of carbonyl (C=O) groups excluding carboxylic acids is 1. The first-order chi connectivity index (χ1) is 9.72. The highest BCUT2D eigenvalue weighted by Crippen LogP contribution is 2.24. The van der Waals surface area contributed by atoms with Crippen LogP contribution in [0, 0.1) is 6.92 Å². The van der Waals surface area contributed by atoms with E-state index in [1.165, 1.54) is 16.0 Å². The third-order valence-electron chi connectivity index (χ3n) is 3.54. The summed E-state index contributed by atoms with van der Waals surface area (Å²) in [6.45, 7) is 3.65.